The van der Waals surface area contributed by atoms with E-state index in [2.05, 4.69) is 46.5 Å². The van der Waals surface area contributed by atoms with Crippen molar-refractivity contribution < 1.29 is 9.18 Å². The molecule has 1 saturated heterocycles. The van der Waals surface area contributed by atoms with Gasteiger partial charge in [0.25, 0.3) is 5.91 Å². The van der Waals surface area contributed by atoms with Crippen molar-refractivity contribution in [2.75, 3.05) is 32.7 Å². The molecule has 3 rings (SSSR count). The molecule has 2 heterocycles. The maximum Gasteiger partial charge on any atom is 0.251 e. The molecule has 1 aliphatic rings. The zero-order chi connectivity index (χ0) is 18.5. The van der Waals surface area contributed by atoms with Gasteiger partial charge in [0.2, 0.25) is 0 Å². The molecule has 1 fully saturated rings. The van der Waals surface area contributed by atoms with Crippen molar-refractivity contribution in [3.63, 3.8) is 0 Å². The van der Waals surface area contributed by atoms with Gasteiger partial charge in [-0.25, -0.2) is 4.39 Å². The molecule has 140 valence electrons. The molecule has 1 aliphatic heterocycles. The number of thiophene rings is 1. The topological polar surface area (TPSA) is 35.6 Å². The van der Waals surface area contributed by atoms with Crippen LogP contribution in [-0.4, -0.2) is 54.5 Å². The van der Waals surface area contributed by atoms with Crippen molar-refractivity contribution in [2.45, 2.75) is 25.9 Å². The largest absolute Gasteiger partial charge is 0.348 e. The maximum atomic E-state index is 13.1. The van der Waals surface area contributed by atoms with Crippen molar-refractivity contribution in [1.29, 1.82) is 0 Å². The highest BCUT2D eigenvalue weighted by Gasteiger charge is 2.30. The summed E-state index contributed by atoms with van der Waals surface area (Å²) < 4.78 is 13.1. The van der Waals surface area contributed by atoms with Crippen molar-refractivity contribution in [3.8, 4) is 0 Å². The summed E-state index contributed by atoms with van der Waals surface area (Å²) in [6, 6.07) is 10.00. The monoisotopic (exact) mass is 375 g/mol. The van der Waals surface area contributed by atoms with E-state index in [9.17, 15) is 9.18 Å². The number of amides is 1. The average molecular weight is 376 g/mol. The quantitative estimate of drug-likeness (QED) is 0.841. The second-order valence-electron chi connectivity index (χ2n) is 6.70. The van der Waals surface area contributed by atoms with Gasteiger partial charge in [0.05, 0.1) is 6.04 Å². The molecule has 6 heteroatoms. The lowest BCUT2D eigenvalue weighted by Crippen LogP contribution is -2.52. The van der Waals surface area contributed by atoms with E-state index in [4.69, 9.17) is 0 Å². The first-order chi connectivity index (χ1) is 12.6. The number of hydrogen-bond acceptors (Lipinski definition) is 4. The van der Waals surface area contributed by atoms with Gasteiger partial charge >= 0.3 is 0 Å². The highest BCUT2D eigenvalue weighted by molar-refractivity contribution is 7.10. The van der Waals surface area contributed by atoms with E-state index in [1.807, 2.05) is 0 Å². The van der Waals surface area contributed by atoms with Gasteiger partial charge in [0.15, 0.2) is 0 Å². The van der Waals surface area contributed by atoms with Crippen molar-refractivity contribution in [2.24, 2.45) is 0 Å². The van der Waals surface area contributed by atoms with Gasteiger partial charge in [-0.3, -0.25) is 9.69 Å². The molecular formula is C20H26FN3OS. The zero-order valence-corrected chi connectivity index (χ0v) is 16.1. The Labute approximate surface area is 158 Å². The molecule has 4 nitrogen and oxygen atoms in total. The molecule has 0 saturated carbocycles. The number of hydrogen-bond donors (Lipinski definition) is 1. The standard InChI is InChI=1S/C20H26FN3OS/c1-3-23-10-12-24(13-11-23)19(18-5-4-14-26-18)15(2)22-20(25)16-6-8-17(21)9-7-16/h4-9,14-15,19H,3,10-13H2,1-2H3,(H,22,25)/t15-,19-/m0/s1. The van der Waals surface area contributed by atoms with Crippen molar-refractivity contribution in [1.82, 2.24) is 15.1 Å². The third-order valence-electron chi connectivity index (χ3n) is 5.02. The molecular weight excluding hydrogens is 349 g/mol. The third kappa shape index (κ3) is 4.50. The second-order valence-corrected chi connectivity index (χ2v) is 7.68. The molecule has 26 heavy (non-hydrogen) atoms. The summed E-state index contributed by atoms with van der Waals surface area (Å²) in [6.07, 6.45) is 0. The molecule has 2 aromatic rings. The van der Waals surface area contributed by atoms with Crippen LogP contribution < -0.4 is 5.32 Å². The second kappa shape index (κ2) is 8.75. The molecule has 2 atom stereocenters. The average Bonchev–Trinajstić information content (AvgIpc) is 3.17. The number of halogens is 1. The summed E-state index contributed by atoms with van der Waals surface area (Å²) in [5, 5.41) is 5.20. The van der Waals surface area contributed by atoms with E-state index in [-0.39, 0.29) is 23.8 Å². The fourth-order valence-corrected chi connectivity index (χ4v) is 4.49. The van der Waals surface area contributed by atoms with Crippen LogP contribution in [0.25, 0.3) is 0 Å². The molecule has 0 aliphatic carbocycles. The fourth-order valence-electron chi connectivity index (χ4n) is 3.53. The fraction of sp³-hybridized carbons (Fsp3) is 0.450. The number of likely N-dealkylation sites (N-methyl/N-ethyl adjacent to an activating group) is 1. The van der Waals surface area contributed by atoms with E-state index in [1.54, 1.807) is 11.3 Å². The van der Waals surface area contributed by atoms with Crippen molar-refractivity contribution in [3.05, 3.63) is 58.0 Å². The van der Waals surface area contributed by atoms with E-state index in [0.717, 1.165) is 32.7 Å². The van der Waals surface area contributed by atoms with Gasteiger partial charge in [0, 0.05) is 42.7 Å². The summed E-state index contributed by atoms with van der Waals surface area (Å²) in [7, 11) is 0. The Bertz CT molecular complexity index is 696. The number of carbonyl (C=O) groups is 1. The summed E-state index contributed by atoms with van der Waals surface area (Å²) >= 11 is 1.73. The van der Waals surface area contributed by atoms with Crippen LogP contribution >= 0.6 is 11.3 Å². The molecule has 0 bridgehead atoms. The molecule has 0 spiro atoms. The van der Waals surface area contributed by atoms with E-state index < -0.39 is 0 Å². The van der Waals surface area contributed by atoms with Crippen LogP contribution in [0.3, 0.4) is 0 Å². The van der Waals surface area contributed by atoms with Crippen LogP contribution in [-0.2, 0) is 0 Å². The van der Waals surface area contributed by atoms with Crippen LogP contribution in [0.15, 0.2) is 41.8 Å². The highest BCUT2D eigenvalue weighted by atomic mass is 32.1. The summed E-state index contributed by atoms with van der Waals surface area (Å²) in [5.41, 5.74) is 0.485. The Morgan fingerprint density at radius 1 is 1.19 bits per heavy atom. The minimum absolute atomic E-state index is 0.0422. The minimum Gasteiger partial charge on any atom is -0.348 e. The Morgan fingerprint density at radius 3 is 2.46 bits per heavy atom. The van der Waals surface area contributed by atoms with Gasteiger partial charge < -0.3 is 10.2 Å². The first kappa shape index (κ1) is 19.0. The molecule has 0 unspecified atom stereocenters. The van der Waals surface area contributed by atoms with E-state index in [0.29, 0.717) is 5.56 Å². The van der Waals surface area contributed by atoms with Crippen LogP contribution in [0.1, 0.15) is 35.1 Å². The predicted molar refractivity (Wildman–Crippen MR) is 104 cm³/mol. The number of piperazine rings is 1. The van der Waals surface area contributed by atoms with E-state index >= 15 is 0 Å². The third-order valence-corrected chi connectivity index (χ3v) is 5.96. The number of benzene rings is 1. The highest BCUT2D eigenvalue weighted by Crippen LogP contribution is 2.29. The van der Waals surface area contributed by atoms with Gasteiger partial charge in [-0.1, -0.05) is 13.0 Å². The molecule has 1 N–H and O–H groups in total. The number of carbonyl (C=O) groups excluding carboxylic acids is 1. The Balaban J connectivity index is 1.72. The Hall–Kier alpha value is -1.76. The molecule has 0 radical (unpaired) electrons. The van der Waals surface area contributed by atoms with E-state index in [1.165, 1.54) is 29.1 Å². The lowest BCUT2D eigenvalue weighted by molar-refractivity contribution is 0.0753. The van der Waals surface area contributed by atoms with Gasteiger partial charge in [-0.15, -0.1) is 11.3 Å². The lowest BCUT2D eigenvalue weighted by atomic mass is 10.0. The maximum absolute atomic E-state index is 13.1. The number of nitrogens with one attached hydrogen (secondary N) is 1. The number of nitrogens with zero attached hydrogens (tertiary/aromatic N) is 2. The minimum atomic E-state index is -0.333. The Kier molecular flexibility index (Phi) is 6.40. The summed E-state index contributed by atoms with van der Waals surface area (Å²) in [6.45, 7) is 9.42. The first-order valence-corrected chi connectivity index (χ1v) is 10.0. The van der Waals surface area contributed by atoms with Gasteiger partial charge in [0.1, 0.15) is 5.82 Å². The van der Waals surface area contributed by atoms with Crippen LogP contribution in [0.4, 0.5) is 4.39 Å². The number of rotatable bonds is 6. The molecule has 1 aromatic carbocycles. The van der Waals surface area contributed by atoms with Gasteiger partial charge in [-0.2, -0.15) is 0 Å². The lowest BCUT2D eigenvalue weighted by Gasteiger charge is -2.41. The predicted octanol–water partition coefficient (Wildman–Crippen LogP) is 3.38. The smallest absolute Gasteiger partial charge is 0.251 e. The van der Waals surface area contributed by atoms with Crippen molar-refractivity contribution >= 4 is 17.2 Å². The SMILES string of the molecule is CCN1CCN([C@H](c2cccs2)[C@H](C)NC(=O)c2ccc(F)cc2)CC1. The summed E-state index contributed by atoms with van der Waals surface area (Å²) in [4.78, 5) is 18.7. The van der Waals surface area contributed by atoms with Gasteiger partial charge in [-0.05, 0) is 49.2 Å². The first-order valence-electron chi connectivity index (χ1n) is 9.14. The van der Waals surface area contributed by atoms with Crippen LogP contribution in [0.2, 0.25) is 0 Å². The summed E-state index contributed by atoms with van der Waals surface area (Å²) in [5.74, 6) is -0.494. The molecule has 1 aromatic heterocycles. The van der Waals surface area contributed by atoms with Crippen LogP contribution in [0.5, 0.6) is 0 Å². The normalized spacial score (nSPS) is 18.4. The zero-order valence-electron chi connectivity index (χ0n) is 15.3. The Morgan fingerprint density at radius 2 is 1.88 bits per heavy atom. The molecule has 1 amide bonds. The van der Waals surface area contributed by atoms with Crippen LogP contribution in [0, 0.1) is 5.82 Å².